The average Bonchev–Trinajstić information content (AvgIpc) is 2.64. The van der Waals surface area contributed by atoms with Gasteiger partial charge in [-0.3, -0.25) is 5.43 Å². The summed E-state index contributed by atoms with van der Waals surface area (Å²) in [6.45, 7) is 4.70. The molecule has 2 aliphatic rings. The van der Waals surface area contributed by atoms with Crippen LogP contribution in [0.1, 0.15) is 39.5 Å². The summed E-state index contributed by atoms with van der Waals surface area (Å²) in [6, 6.07) is 2.19. The molecule has 0 saturated carbocycles. The van der Waals surface area contributed by atoms with Crippen LogP contribution >= 0.6 is 11.8 Å². The van der Waals surface area contributed by atoms with Crippen molar-refractivity contribution in [2.75, 3.05) is 11.5 Å². The molecule has 0 bridgehead atoms. The Morgan fingerprint density at radius 1 is 1.14 bits per heavy atom. The van der Waals surface area contributed by atoms with Crippen LogP contribution in [0.5, 0.6) is 0 Å². The lowest BCUT2D eigenvalue weighted by atomic mass is 10.00. The zero-order valence-electron chi connectivity index (χ0n) is 9.33. The number of nitrogens with zero attached hydrogens (tertiary/aromatic N) is 1. The van der Waals surface area contributed by atoms with Crippen LogP contribution in [0.4, 0.5) is 0 Å². The number of hydrazine groups is 1. The first-order valence-electron chi connectivity index (χ1n) is 5.89. The van der Waals surface area contributed by atoms with Crippen molar-refractivity contribution in [3.63, 3.8) is 0 Å². The molecular weight excluding hydrogens is 192 g/mol. The van der Waals surface area contributed by atoms with Crippen molar-refractivity contribution >= 4 is 11.8 Å². The first kappa shape index (κ1) is 10.8. The maximum atomic E-state index is 3.73. The summed E-state index contributed by atoms with van der Waals surface area (Å²) in [5.41, 5.74) is 3.73. The summed E-state index contributed by atoms with van der Waals surface area (Å²) >= 11 is 2.08. The molecule has 0 aromatic heterocycles. The molecule has 3 heteroatoms. The second kappa shape index (κ2) is 4.86. The molecule has 2 rings (SSSR count). The van der Waals surface area contributed by atoms with E-state index in [2.05, 4.69) is 36.0 Å². The summed E-state index contributed by atoms with van der Waals surface area (Å²) in [6.07, 6.45) is 5.47. The fourth-order valence-corrected chi connectivity index (χ4v) is 3.67. The average molecular weight is 214 g/mol. The van der Waals surface area contributed by atoms with Crippen LogP contribution in [-0.2, 0) is 0 Å². The summed E-state index contributed by atoms with van der Waals surface area (Å²) in [5, 5.41) is 2.51. The Kier molecular flexibility index (Phi) is 3.74. The first-order valence-corrected chi connectivity index (χ1v) is 7.05. The third-order valence-electron chi connectivity index (χ3n) is 3.45. The monoisotopic (exact) mass is 214 g/mol. The van der Waals surface area contributed by atoms with Crippen molar-refractivity contribution in [1.29, 1.82) is 0 Å². The van der Waals surface area contributed by atoms with Gasteiger partial charge in [-0.15, -0.1) is 0 Å². The fraction of sp³-hybridized carbons (Fsp3) is 1.00. The number of nitrogens with one attached hydrogen (secondary N) is 1. The van der Waals surface area contributed by atoms with E-state index in [-0.39, 0.29) is 0 Å². The Balaban J connectivity index is 1.86. The van der Waals surface area contributed by atoms with Gasteiger partial charge in [-0.25, -0.2) is 5.01 Å². The van der Waals surface area contributed by atoms with Crippen LogP contribution in [0.25, 0.3) is 0 Å². The van der Waals surface area contributed by atoms with Crippen molar-refractivity contribution in [3.8, 4) is 0 Å². The molecule has 2 nitrogen and oxygen atoms in total. The van der Waals surface area contributed by atoms with Crippen LogP contribution in [0, 0.1) is 0 Å². The van der Waals surface area contributed by atoms with Gasteiger partial charge >= 0.3 is 0 Å². The van der Waals surface area contributed by atoms with E-state index >= 15 is 0 Å². The minimum Gasteiger partial charge on any atom is -0.251 e. The normalized spacial score (nSPS) is 40.3. The molecule has 0 radical (unpaired) electrons. The maximum absolute atomic E-state index is 3.73. The summed E-state index contributed by atoms with van der Waals surface area (Å²) in [5.74, 6) is 2.64. The molecule has 0 aromatic carbocycles. The van der Waals surface area contributed by atoms with Gasteiger partial charge in [0.15, 0.2) is 0 Å². The standard InChI is InChI=1S/C11H22N2S/c1-9-4-3-5-10(2)13(9)12-11-6-7-14-8-11/h9-12H,3-8H2,1-2H3. The molecule has 3 atom stereocenters. The lowest BCUT2D eigenvalue weighted by molar-refractivity contribution is 0.0335. The van der Waals surface area contributed by atoms with Crippen molar-refractivity contribution in [2.24, 2.45) is 0 Å². The van der Waals surface area contributed by atoms with E-state index in [0.717, 1.165) is 18.1 Å². The number of thioether (sulfide) groups is 1. The van der Waals surface area contributed by atoms with E-state index in [1.807, 2.05) is 0 Å². The van der Waals surface area contributed by atoms with Crippen LogP contribution in [-0.4, -0.2) is 34.6 Å². The molecule has 14 heavy (non-hydrogen) atoms. The SMILES string of the molecule is CC1CCCC(C)N1NC1CCSC1. The van der Waals surface area contributed by atoms with Crippen LogP contribution in [0.15, 0.2) is 0 Å². The molecule has 0 amide bonds. The van der Waals surface area contributed by atoms with Crippen molar-refractivity contribution < 1.29 is 0 Å². The van der Waals surface area contributed by atoms with E-state index in [1.165, 1.54) is 37.2 Å². The van der Waals surface area contributed by atoms with E-state index in [1.54, 1.807) is 0 Å². The van der Waals surface area contributed by atoms with Crippen LogP contribution in [0.3, 0.4) is 0 Å². The molecule has 2 saturated heterocycles. The topological polar surface area (TPSA) is 15.3 Å². The van der Waals surface area contributed by atoms with Gasteiger partial charge in [0.1, 0.15) is 0 Å². The number of piperidine rings is 1. The number of hydrogen-bond acceptors (Lipinski definition) is 3. The van der Waals surface area contributed by atoms with E-state index in [9.17, 15) is 0 Å². The number of hydrogen-bond donors (Lipinski definition) is 1. The highest BCUT2D eigenvalue weighted by atomic mass is 32.2. The Morgan fingerprint density at radius 2 is 1.86 bits per heavy atom. The highest BCUT2D eigenvalue weighted by Crippen LogP contribution is 2.23. The Labute approximate surface area is 91.8 Å². The van der Waals surface area contributed by atoms with Crippen LogP contribution < -0.4 is 5.43 Å². The molecule has 1 N–H and O–H groups in total. The van der Waals surface area contributed by atoms with Crippen LogP contribution in [0.2, 0.25) is 0 Å². The Morgan fingerprint density at radius 3 is 2.43 bits per heavy atom. The summed E-state index contributed by atoms with van der Waals surface area (Å²) in [7, 11) is 0. The first-order chi connectivity index (χ1) is 6.77. The third-order valence-corrected chi connectivity index (χ3v) is 4.62. The molecule has 2 heterocycles. The minimum absolute atomic E-state index is 0.726. The molecule has 2 aliphatic heterocycles. The van der Waals surface area contributed by atoms with E-state index in [0.29, 0.717) is 0 Å². The van der Waals surface area contributed by atoms with Gasteiger partial charge in [-0.05, 0) is 38.9 Å². The second-order valence-corrected chi connectivity index (χ2v) is 5.88. The molecule has 82 valence electrons. The fourth-order valence-electron chi connectivity index (χ4n) is 2.52. The minimum atomic E-state index is 0.726. The van der Waals surface area contributed by atoms with Gasteiger partial charge < -0.3 is 0 Å². The Bertz CT molecular complexity index is 170. The van der Waals surface area contributed by atoms with Gasteiger partial charge in [0.2, 0.25) is 0 Å². The zero-order valence-corrected chi connectivity index (χ0v) is 10.1. The highest BCUT2D eigenvalue weighted by Gasteiger charge is 2.27. The summed E-state index contributed by atoms with van der Waals surface area (Å²) < 4.78 is 0. The van der Waals surface area contributed by atoms with Gasteiger partial charge in [-0.2, -0.15) is 11.8 Å². The largest absolute Gasteiger partial charge is 0.251 e. The molecule has 0 spiro atoms. The molecular formula is C11H22N2S. The lowest BCUT2D eigenvalue weighted by Gasteiger charge is -2.40. The predicted molar refractivity (Wildman–Crippen MR) is 63.5 cm³/mol. The van der Waals surface area contributed by atoms with Crippen molar-refractivity contribution in [2.45, 2.75) is 57.7 Å². The molecule has 0 aliphatic carbocycles. The second-order valence-electron chi connectivity index (χ2n) is 4.73. The lowest BCUT2D eigenvalue weighted by Crippen LogP contribution is -2.55. The number of rotatable bonds is 2. The molecule has 3 unspecified atom stereocenters. The quantitative estimate of drug-likeness (QED) is 0.759. The zero-order chi connectivity index (χ0) is 9.97. The van der Waals surface area contributed by atoms with Gasteiger partial charge in [0, 0.05) is 23.9 Å². The smallest absolute Gasteiger partial charge is 0.0313 e. The van der Waals surface area contributed by atoms with Gasteiger partial charge in [0.25, 0.3) is 0 Å². The summed E-state index contributed by atoms with van der Waals surface area (Å²) in [4.78, 5) is 0. The Hall–Kier alpha value is 0.270. The van der Waals surface area contributed by atoms with E-state index < -0.39 is 0 Å². The van der Waals surface area contributed by atoms with Crippen molar-refractivity contribution in [1.82, 2.24) is 10.4 Å². The van der Waals surface area contributed by atoms with E-state index in [4.69, 9.17) is 0 Å². The predicted octanol–water partition coefficient (Wildman–Crippen LogP) is 2.26. The molecule has 2 fully saturated rings. The highest BCUT2D eigenvalue weighted by molar-refractivity contribution is 7.99. The molecule has 0 aromatic rings. The van der Waals surface area contributed by atoms with Crippen molar-refractivity contribution in [3.05, 3.63) is 0 Å². The van der Waals surface area contributed by atoms with Gasteiger partial charge in [0.05, 0.1) is 0 Å². The third kappa shape index (κ3) is 2.44. The van der Waals surface area contributed by atoms with Gasteiger partial charge in [-0.1, -0.05) is 6.42 Å². The maximum Gasteiger partial charge on any atom is 0.0313 e.